The molecule has 20 heavy (non-hydrogen) atoms. The number of hydrogen-bond donors (Lipinski definition) is 2. The van der Waals surface area contributed by atoms with Crippen molar-refractivity contribution in [2.24, 2.45) is 5.73 Å². The van der Waals surface area contributed by atoms with Gasteiger partial charge in [0.25, 0.3) is 0 Å². The first kappa shape index (κ1) is 12.7. The number of aromatic nitrogens is 1. The predicted octanol–water partition coefficient (Wildman–Crippen LogP) is 1.87. The number of carbonyl (C=O) groups excluding carboxylic acids is 1. The van der Waals surface area contributed by atoms with Crippen LogP contribution in [0.2, 0.25) is 0 Å². The van der Waals surface area contributed by atoms with E-state index < -0.39 is 0 Å². The highest BCUT2D eigenvalue weighted by molar-refractivity contribution is 6.08. The molecule has 3 N–H and O–H groups in total. The Bertz CT molecular complexity index is 722. The molecule has 0 radical (unpaired) electrons. The molecule has 4 nitrogen and oxygen atoms in total. The second-order valence-corrected chi connectivity index (χ2v) is 4.89. The van der Waals surface area contributed by atoms with Gasteiger partial charge in [-0.25, -0.2) is 0 Å². The zero-order valence-corrected chi connectivity index (χ0v) is 11.3. The number of hydrogen-bond acceptors (Lipinski definition) is 2. The van der Waals surface area contributed by atoms with Crippen LogP contribution < -0.4 is 11.1 Å². The zero-order chi connectivity index (χ0) is 14.1. The average Bonchev–Trinajstić information content (AvgIpc) is 2.79. The van der Waals surface area contributed by atoms with Crippen LogP contribution in [0.25, 0.3) is 21.8 Å². The highest BCUT2D eigenvalue weighted by Crippen LogP contribution is 2.28. The summed E-state index contributed by atoms with van der Waals surface area (Å²) in [4.78, 5) is 11.5. The lowest BCUT2D eigenvalue weighted by Gasteiger charge is -2.15. The van der Waals surface area contributed by atoms with Crippen molar-refractivity contribution < 1.29 is 4.79 Å². The number of rotatable bonds is 4. The van der Waals surface area contributed by atoms with E-state index in [1.165, 1.54) is 10.8 Å². The molecule has 0 saturated heterocycles. The van der Waals surface area contributed by atoms with E-state index in [1.807, 2.05) is 24.3 Å². The maximum atomic E-state index is 11.5. The SMILES string of the molecule is CNC(Cn1c2ccccc2c2ccccc21)C(N)=O. The number of nitrogens with two attached hydrogens (primary N) is 1. The van der Waals surface area contributed by atoms with Crippen LogP contribution in [-0.4, -0.2) is 23.6 Å². The number of nitrogens with one attached hydrogen (secondary N) is 1. The molecule has 0 aliphatic carbocycles. The van der Waals surface area contributed by atoms with Crippen molar-refractivity contribution in [1.29, 1.82) is 0 Å². The Hall–Kier alpha value is -2.33. The number of benzene rings is 2. The number of primary amides is 1. The third-order valence-corrected chi connectivity index (χ3v) is 3.74. The van der Waals surface area contributed by atoms with E-state index in [9.17, 15) is 4.79 Å². The highest BCUT2D eigenvalue weighted by atomic mass is 16.1. The van der Waals surface area contributed by atoms with Gasteiger partial charge in [-0.15, -0.1) is 0 Å². The smallest absolute Gasteiger partial charge is 0.236 e. The van der Waals surface area contributed by atoms with Crippen LogP contribution in [0.1, 0.15) is 0 Å². The molecule has 1 amide bonds. The molecule has 0 aliphatic rings. The van der Waals surface area contributed by atoms with Gasteiger partial charge < -0.3 is 15.6 Å². The highest BCUT2D eigenvalue weighted by Gasteiger charge is 2.17. The van der Waals surface area contributed by atoms with Crippen molar-refractivity contribution in [3.05, 3.63) is 48.5 Å². The van der Waals surface area contributed by atoms with Crippen molar-refractivity contribution in [3.8, 4) is 0 Å². The lowest BCUT2D eigenvalue weighted by molar-refractivity contribution is -0.120. The Kier molecular flexibility index (Phi) is 3.16. The summed E-state index contributed by atoms with van der Waals surface area (Å²) in [5.74, 6) is -0.339. The lowest BCUT2D eigenvalue weighted by atomic mass is 10.2. The fourth-order valence-electron chi connectivity index (χ4n) is 2.71. The van der Waals surface area contributed by atoms with E-state index in [2.05, 4.69) is 34.1 Å². The van der Waals surface area contributed by atoms with Crippen LogP contribution >= 0.6 is 0 Å². The predicted molar refractivity (Wildman–Crippen MR) is 81.5 cm³/mol. The summed E-state index contributed by atoms with van der Waals surface area (Å²) >= 11 is 0. The Labute approximate surface area is 117 Å². The minimum Gasteiger partial charge on any atom is -0.368 e. The maximum Gasteiger partial charge on any atom is 0.236 e. The zero-order valence-electron chi connectivity index (χ0n) is 11.3. The van der Waals surface area contributed by atoms with Crippen molar-refractivity contribution in [1.82, 2.24) is 9.88 Å². The number of amides is 1. The maximum absolute atomic E-state index is 11.5. The molecule has 3 aromatic rings. The summed E-state index contributed by atoms with van der Waals surface area (Å²) in [7, 11) is 1.75. The van der Waals surface area contributed by atoms with E-state index in [4.69, 9.17) is 5.73 Å². The fraction of sp³-hybridized carbons (Fsp3) is 0.188. The lowest BCUT2D eigenvalue weighted by Crippen LogP contribution is -2.42. The number of carbonyl (C=O) groups is 1. The first-order valence-electron chi connectivity index (χ1n) is 6.65. The van der Waals surface area contributed by atoms with Gasteiger partial charge >= 0.3 is 0 Å². The molecule has 0 bridgehead atoms. The van der Waals surface area contributed by atoms with Crippen molar-refractivity contribution in [2.45, 2.75) is 12.6 Å². The van der Waals surface area contributed by atoms with E-state index in [0.29, 0.717) is 6.54 Å². The first-order chi connectivity index (χ1) is 9.72. The largest absolute Gasteiger partial charge is 0.368 e. The minimum atomic E-state index is -0.380. The molecule has 102 valence electrons. The number of nitrogens with zero attached hydrogens (tertiary/aromatic N) is 1. The molecule has 1 aromatic heterocycles. The Morgan fingerprint density at radius 2 is 1.60 bits per heavy atom. The molecule has 0 spiro atoms. The van der Waals surface area contributed by atoms with Crippen LogP contribution in [0.15, 0.2) is 48.5 Å². The number of para-hydroxylation sites is 2. The molecule has 1 heterocycles. The van der Waals surface area contributed by atoms with E-state index in [0.717, 1.165) is 11.0 Å². The molecular weight excluding hydrogens is 250 g/mol. The normalized spacial score (nSPS) is 12.8. The van der Waals surface area contributed by atoms with Gasteiger partial charge in [-0.2, -0.15) is 0 Å². The third kappa shape index (κ3) is 1.94. The van der Waals surface area contributed by atoms with Crippen molar-refractivity contribution in [3.63, 3.8) is 0 Å². The van der Waals surface area contributed by atoms with Crippen molar-refractivity contribution in [2.75, 3.05) is 7.05 Å². The van der Waals surface area contributed by atoms with Gasteiger partial charge in [-0.05, 0) is 19.2 Å². The van der Waals surface area contributed by atoms with Crippen molar-refractivity contribution >= 4 is 27.7 Å². The molecular formula is C16H17N3O. The summed E-state index contributed by atoms with van der Waals surface area (Å²) in [6, 6.07) is 16.1. The van der Waals surface area contributed by atoms with E-state index in [1.54, 1.807) is 7.05 Å². The van der Waals surface area contributed by atoms with Crippen LogP contribution in [-0.2, 0) is 11.3 Å². The Morgan fingerprint density at radius 1 is 1.10 bits per heavy atom. The van der Waals surface area contributed by atoms with Gasteiger partial charge in [0.2, 0.25) is 5.91 Å². The molecule has 0 fully saturated rings. The molecule has 0 aliphatic heterocycles. The average molecular weight is 267 g/mol. The summed E-state index contributed by atoms with van der Waals surface area (Å²) < 4.78 is 2.15. The molecule has 4 heteroatoms. The van der Waals surface area contributed by atoms with Crippen LogP contribution in [0.5, 0.6) is 0 Å². The van der Waals surface area contributed by atoms with Gasteiger partial charge in [0.05, 0.1) is 0 Å². The summed E-state index contributed by atoms with van der Waals surface area (Å²) in [6.07, 6.45) is 0. The van der Waals surface area contributed by atoms with Crippen LogP contribution in [0.4, 0.5) is 0 Å². The quantitative estimate of drug-likeness (QED) is 0.758. The third-order valence-electron chi connectivity index (χ3n) is 3.74. The second-order valence-electron chi connectivity index (χ2n) is 4.89. The van der Waals surface area contributed by atoms with Gasteiger partial charge in [0.1, 0.15) is 6.04 Å². The number of likely N-dealkylation sites (N-methyl/N-ethyl adjacent to an activating group) is 1. The summed E-state index contributed by atoms with van der Waals surface area (Å²) in [5.41, 5.74) is 7.68. The summed E-state index contributed by atoms with van der Waals surface area (Å²) in [5, 5.41) is 5.37. The fourth-order valence-corrected chi connectivity index (χ4v) is 2.71. The monoisotopic (exact) mass is 267 g/mol. The Morgan fingerprint density at radius 3 is 2.05 bits per heavy atom. The topological polar surface area (TPSA) is 60.1 Å². The van der Waals surface area contributed by atoms with Gasteiger partial charge in [-0.1, -0.05) is 36.4 Å². The first-order valence-corrected chi connectivity index (χ1v) is 6.65. The second kappa shape index (κ2) is 4.98. The van der Waals surface area contributed by atoms with Gasteiger partial charge in [-0.3, -0.25) is 4.79 Å². The van der Waals surface area contributed by atoms with Crippen LogP contribution in [0.3, 0.4) is 0 Å². The van der Waals surface area contributed by atoms with Crippen LogP contribution in [0, 0.1) is 0 Å². The Balaban J connectivity index is 2.23. The molecule has 2 aromatic carbocycles. The van der Waals surface area contributed by atoms with E-state index >= 15 is 0 Å². The standard InChI is InChI=1S/C16H17N3O/c1-18-13(16(17)20)10-19-14-8-4-2-6-11(14)12-7-3-5-9-15(12)19/h2-9,13,18H,10H2,1H3,(H2,17,20). The molecule has 0 saturated carbocycles. The van der Waals surface area contributed by atoms with Gasteiger partial charge in [0.15, 0.2) is 0 Å². The van der Waals surface area contributed by atoms with Gasteiger partial charge in [0, 0.05) is 28.4 Å². The number of fused-ring (bicyclic) bond motifs is 3. The molecule has 1 unspecified atom stereocenters. The molecule has 3 rings (SSSR count). The minimum absolute atomic E-state index is 0.339. The summed E-state index contributed by atoms with van der Waals surface area (Å²) in [6.45, 7) is 0.528. The molecule has 1 atom stereocenters. The van der Waals surface area contributed by atoms with E-state index in [-0.39, 0.29) is 11.9 Å².